The third kappa shape index (κ3) is 4.53. The van der Waals surface area contributed by atoms with Crippen molar-refractivity contribution in [3.05, 3.63) is 48.5 Å². The lowest BCUT2D eigenvalue weighted by Gasteiger charge is -2.19. The van der Waals surface area contributed by atoms with Crippen LogP contribution in [0.1, 0.15) is 20.8 Å². The fourth-order valence-corrected chi connectivity index (χ4v) is 2.52. The van der Waals surface area contributed by atoms with Crippen LogP contribution >= 0.6 is 0 Å². The number of carbonyl (C=O) groups is 1. The summed E-state index contributed by atoms with van der Waals surface area (Å²) in [6, 6.07) is 15.8. The maximum absolute atomic E-state index is 11.6. The van der Waals surface area contributed by atoms with Gasteiger partial charge in [0.25, 0.3) is 5.88 Å². The number of nitrogens with one attached hydrogen (secondary N) is 1. The number of fused-ring (bicyclic) bond motifs is 1. The predicted molar refractivity (Wildman–Crippen MR) is 99.2 cm³/mol. The van der Waals surface area contributed by atoms with Gasteiger partial charge >= 0.3 is 6.09 Å². The average molecular weight is 354 g/mol. The minimum Gasteiger partial charge on any atom is -0.474 e. The lowest BCUT2D eigenvalue weighted by molar-refractivity contribution is 0.0519. The van der Waals surface area contributed by atoms with Gasteiger partial charge in [-0.15, -0.1) is 0 Å². The molecule has 0 fully saturated rings. The molecule has 6 nitrogen and oxygen atoms in total. The van der Waals surface area contributed by atoms with Gasteiger partial charge in [0.1, 0.15) is 12.2 Å². The Morgan fingerprint density at radius 3 is 2.73 bits per heavy atom. The third-order valence-electron chi connectivity index (χ3n) is 3.56. The first kappa shape index (κ1) is 17.8. The highest BCUT2D eigenvalue weighted by molar-refractivity contribution is 5.95. The molecular weight excluding hydrogens is 332 g/mol. The van der Waals surface area contributed by atoms with E-state index < -0.39 is 11.7 Å². The number of alkyl carbamates (subject to hydrolysis) is 1. The highest BCUT2D eigenvalue weighted by atomic mass is 16.6. The number of aromatic nitrogens is 1. The van der Waals surface area contributed by atoms with Crippen molar-refractivity contribution in [1.82, 2.24) is 10.5 Å². The summed E-state index contributed by atoms with van der Waals surface area (Å²) in [6.45, 7) is 6.01. The van der Waals surface area contributed by atoms with Crippen LogP contribution in [0.2, 0.25) is 0 Å². The predicted octanol–water partition coefficient (Wildman–Crippen LogP) is 4.40. The molecule has 0 aliphatic rings. The van der Waals surface area contributed by atoms with Crippen LogP contribution in [0.25, 0.3) is 22.1 Å². The van der Waals surface area contributed by atoms with Crippen LogP contribution in [0.3, 0.4) is 0 Å². The summed E-state index contributed by atoms with van der Waals surface area (Å²) in [5, 5.41) is 8.78. The summed E-state index contributed by atoms with van der Waals surface area (Å²) in [4.78, 5) is 11.6. The van der Waals surface area contributed by atoms with Crippen molar-refractivity contribution in [3.63, 3.8) is 0 Å². The number of amides is 1. The normalized spacial score (nSPS) is 11.3. The Labute approximate surface area is 152 Å². The molecular formula is C20H22N2O4. The number of benzene rings is 2. The molecule has 1 heterocycles. The fraction of sp³-hybridized carbons (Fsp3) is 0.300. The van der Waals surface area contributed by atoms with E-state index in [2.05, 4.69) is 22.6 Å². The van der Waals surface area contributed by atoms with E-state index in [9.17, 15) is 4.79 Å². The summed E-state index contributed by atoms with van der Waals surface area (Å²) in [5.41, 5.74) is 0.432. The maximum atomic E-state index is 11.6. The van der Waals surface area contributed by atoms with E-state index >= 15 is 0 Å². The van der Waals surface area contributed by atoms with Crippen LogP contribution in [0.5, 0.6) is 5.88 Å². The van der Waals surface area contributed by atoms with E-state index in [1.54, 1.807) is 6.07 Å². The highest BCUT2D eigenvalue weighted by Gasteiger charge is 2.15. The van der Waals surface area contributed by atoms with E-state index in [1.165, 1.54) is 0 Å². The standard InChI is InChI=1S/C20H22N2O4/c1-20(2,3)25-19(23)21-11-12-24-18-13-17(26-22-18)16-10-6-8-14-7-4-5-9-15(14)16/h4-10,13H,11-12H2,1-3H3,(H,21,23). The van der Waals surface area contributed by atoms with Gasteiger partial charge in [-0.25, -0.2) is 4.79 Å². The molecule has 136 valence electrons. The minimum atomic E-state index is -0.523. The Morgan fingerprint density at radius 1 is 1.15 bits per heavy atom. The molecule has 0 spiro atoms. The third-order valence-corrected chi connectivity index (χ3v) is 3.56. The summed E-state index contributed by atoms with van der Waals surface area (Å²) in [5.74, 6) is 1.01. The molecule has 0 unspecified atom stereocenters. The van der Waals surface area contributed by atoms with Gasteiger partial charge in [0, 0.05) is 11.6 Å². The smallest absolute Gasteiger partial charge is 0.407 e. The molecule has 0 bridgehead atoms. The summed E-state index contributed by atoms with van der Waals surface area (Å²) in [6.07, 6.45) is -0.474. The number of carbonyl (C=O) groups excluding carboxylic acids is 1. The van der Waals surface area contributed by atoms with Crippen LogP contribution in [-0.4, -0.2) is 30.0 Å². The molecule has 3 rings (SSSR count). The lowest BCUT2D eigenvalue weighted by Crippen LogP contribution is -2.34. The fourth-order valence-electron chi connectivity index (χ4n) is 2.52. The number of rotatable bonds is 5. The van der Waals surface area contributed by atoms with E-state index in [4.69, 9.17) is 14.0 Å². The van der Waals surface area contributed by atoms with Crippen molar-refractivity contribution in [2.45, 2.75) is 26.4 Å². The first-order chi connectivity index (χ1) is 12.4. The Balaban J connectivity index is 1.58. The SMILES string of the molecule is CC(C)(C)OC(=O)NCCOc1cc(-c2cccc3ccccc23)on1. The Morgan fingerprint density at radius 2 is 1.92 bits per heavy atom. The molecule has 1 amide bonds. The Bertz CT molecular complexity index is 891. The molecule has 0 saturated carbocycles. The number of ether oxygens (including phenoxy) is 2. The Kier molecular flexibility index (Phi) is 5.11. The first-order valence-electron chi connectivity index (χ1n) is 8.47. The van der Waals surface area contributed by atoms with Gasteiger partial charge in [0.2, 0.25) is 0 Å². The molecule has 6 heteroatoms. The molecule has 0 atom stereocenters. The quantitative estimate of drug-likeness (QED) is 0.688. The molecule has 0 saturated heterocycles. The largest absolute Gasteiger partial charge is 0.474 e. The minimum absolute atomic E-state index is 0.265. The second-order valence-electron chi connectivity index (χ2n) is 6.83. The molecule has 2 aromatic carbocycles. The zero-order chi connectivity index (χ0) is 18.6. The molecule has 0 aliphatic carbocycles. The molecule has 1 aromatic heterocycles. The van der Waals surface area contributed by atoms with Crippen molar-refractivity contribution in [1.29, 1.82) is 0 Å². The van der Waals surface area contributed by atoms with Crippen LogP contribution in [0.4, 0.5) is 4.79 Å². The molecule has 3 aromatic rings. The Hall–Kier alpha value is -3.02. The van der Waals surface area contributed by atoms with E-state index in [0.29, 0.717) is 18.2 Å². The molecule has 0 radical (unpaired) electrons. The van der Waals surface area contributed by atoms with Gasteiger partial charge in [-0.2, -0.15) is 0 Å². The van der Waals surface area contributed by atoms with Gasteiger partial charge in [0.05, 0.1) is 6.54 Å². The van der Waals surface area contributed by atoms with Gasteiger partial charge in [-0.05, 0) is 36.7 Å². The van der Waals surface area contributed by atoms with Crippen molar-refractivity contribution in [2.24, 2.45) is 0 Å². The summed E-state index contributed by atoms with van der Waals surface area (Å²) in [7, 11) is 0. The highest BCUT2D eigenvalue weighted by Crippen LogP contribution is 2.30. The zero-order valence-corrected chi connectivity index (χ0v) is 15.1. The van der Waals surface area contributed by atoms with Gasteiger partial charge in [0.15, 0.2) is 5.76 Å². The van der Waals surface area contributed by atoms with E-state index in [-0.39, 0.29) is 6.61 Å². The van der Waals surface area contributed by atoms with Gasteiger partial charge in [-0.3, -0.25) is 0 Å². The van der Waals surface area contributed by atoms with E-state index in [1.807, 2.05) is 51.1 Å². The van der Waals surface area contributed by atoms with Crippen molar-refractivity contribution in [3.8, 4) is 17.2 Å². The maximum Gasteiger partial charge on any atom is 0.407 e. The molecule has 26 heavy (non-hydrogen) atoms. The van der Waals surface area contributed by atoms with E-state index in [0.717, 1.165) is 16.3 Å². The van der Waals surface area contributed by atoms with Crippen LogP contribution in [0.15, 0.2) is 53.1 Å². The van der Waals surface area contributed by atoms with Gasteiger partial charge in [-0.1, -0.05) is 42.5 Å². The van der Waals surface area contributed by atoms with Crippen molar-refractivity contribution in [2.75, 3.05) is 13.2 Å². The zero-order valence-electron chi connectivity index (χ0n) is 15.1. The van der Waals surface area contributed by atoms with Crippen LogP contribution < -0.4 is 10.1 Å². The van der Waals surface area contributed by atoms with Crippen molar-refractivity contribution < 1.29 is 18.8 Å². The number of nitrogens with zero attached hydrogens (tertiary/aromatic N) is 1. The first-order valence-corrected chi connectivity index (χ1v) is 8.47. The number of hydrogen-bond donors (Lipinski definition) is 1. The monoisotopic (exact) mass is 354 g/mol. The molecule has 0 aliphatic heterocycles. The van der Waals surface area contributed by atoms with Gasteiger partial charge < -0.3 is 19.3 Å². The number of hydrogen-bond acceptors (Lipinski definition) is 5. The summed E-state index contributed by atoms with van der Waals surface area (Å²) < 4.78 is 16.1. The molecule has 1 N–H and O–H groups in total. The lowest BCUT2D eigenvalue weighted by atomic mass is 10.0. The second-order valence-corrected chi connectivity index (χ2v) is 6.83. The van der Waals surface area contributed by atoms with Crippen LogP contribution in [0, 0.1) is 0 Å². The second kappa shape index (κ2) is 7.47. The van der Waals surface area contributed by atoms with Crippen molar-refractivity contribution >= 4 is 16.9 Å². The average Bonchev–Trinajstić information content (AvgIpc) is 3.05. The summed E-state index contributed by atoms with van der Waals surface area (Å²) >= 11 is 0. The van der Waals surface area contributed by atoms with Crippen LogP contribution in [-0.2, 0) is 4.74 Å². The topological polar surface area (TPSA) is 73.6 Å².